The first kappa shape index (κ1) is 18.3. The van der Waals surface area contributed by atoms with Crippen molar-refractivity contribution in [2.75, 3.05) is 5.32 Å². The lowest BCUT2D eigenvalue weighted by atomic mass is 10.1. The molecule has 10 heteroatoms. The molecule has 0 spiro atoms. The Labute approximate surface area is 166 Å². The van der Waals surface area contributed by atoms with Crippen molar-refractivity contribution in [1.29, 1.82) is 0 Å². The molecule has 1 unspecified atom stereocenters. The molecule has 0 radical (unpaired) electrons. The highest BCUT2D eigenvalue weighted by Crippen LogP contribution is 2.23. The molecular formula is C18H15BrN6O3. The van der Waals surface area contributed by atoms with Gasteiger partial charge < -0.3 is 10.4 Å². The van der Waals surface area contributed by atoms with E-state index in [1.807, 2.05) is 0 Å². The molecule has 0 fully saturated rings. The molecule has 3 heterocycles. The number of benzene rings is 1. The van der Waals surface area contributed by atoms with E-state index in [4.69, 9.17) is 0 Å². The van der Waals surface area contributed by atoms with Gasteiger partial charge in [0.2, 0.25) is 5.91 Å². The third kappa shape index (κ3) is 3.39. The van der Waals surface area contributed by atoms with E-state index in [0.29, 0.717) is 27.8 Å². The Bertz CT molecular complexity index is 1260. The summed E-state index contributed by atoms with van der Waals surface area (Å²) in [5, 5.41) is 25.6. The van der Waals surface area contributed by atoms with E-state index in [-0.39, 0.29) is 6.54 Å². The fourth-order valence-corrected chi connectivity index (χ4v) is 3.30. The quantitative estimate of drug-likeness (QED) is 0.498. The first-order valence-corrected chi connectivity index (χ1v) is 9.19. The number of aliphatic hydroxyl groups excluding tert-OH is 1. The van der Waals surface area contributed by atoms with Crippen LogP contribution >= 0.6 is 15.9 Å². The van der Waals surface area contributed by atoms with Gasteiger partial charge in [-0.15, -0.1) is 10.2 Å². The molecule has 142 valence electrons. The van der Waals surface area contributed by atoms with Crippen LogP contribution in [0.1, 0.15) is 18.7 Å². The Hall–Kier alpha value is -3.11. The van der Waals surface area contributed by atoms with Crippen LogP contribution in [0.5, 0.6) is 0 Å². The molecule has 0 saturated heterocycles. The van der Waals surface area contributed by atoms with Crippen molar-refractivity contribution >= 4 is 43.9 Å². The van der Waals surface area contributed by atoms with Crippen LogP contribution in [0.2, 0.25) is 0 Å². The van der Waals surface area contributed by atoms with Gasteiger partial charge in [0.25, 0.3) is 5.56 Å². The summed E-state index contributed by atoms with van der Waals surface area (Å²) in [6, 6.07) is 8.51. The fraction of sp³-hybridized carbons (Fsp3) is 0.167. The van der Waals surface area contributed by atoms with Crippen LogP contribution in [0.4, 0.5) is 5.69 Å². The van der Waals surface area contributed by atoms with Crippen LogP contribution in [0.25, 0.3) is 16.4 Å². The zero-order valence-electron chi connectivity index (χ0n) is 14.7. The molecule has 4 rings (SSSR count). The number of aliphatic hydroxyl groups is 1. The van der Waals surface area contributed by atoms with Gasteiger partial charge in [0, 0.05) is 16.1 Å². The summed E-state index contributed by atoms with van der Waals surface area (Å²) < 4.78 is 3.49. The number of nitrogens with one attached hydrogen (secondary N) is 1. The molecule has 0 bridgehead atoms. The van der Waals surface area contributed by atoms with E-state index in [0.717, 1.165) is 9.15 Å². The maximum absolute atomic E-state index is 12.7. The normalized spacial score (nSPS) is 12.4. The van der Waals surface area contributed by atoms with Crippen LogP contribution < -0.4 is 10.9 Å². The second-order valence-electron chi connectivity index (χ2n) is 6.28. The topological polar surface area (TPSA) is 114 Å². The van der Waals surface area contributed by atoms with Crippen molar-refractivity contribution in [3.05, 3.63) is 63.4 Å². The van der Waals surface area contributed by atoms with Crippen molar-refractivity contribution in [3.8, 4) is 0 Å². The molecule has 0 aliphatic heterocycles. The molecular weight excluding hydrogens is 428 g/mol. The number of carbonyl (C=O) groups excluding carboxylic acids is 1. The number of halogens is 1. The number of anilines is 1. The predicted molar refractivity (Wildman–Crippen MR) is 106 cm³/mol. The number of amides is 1. The number of fused-ring (bicyclic) bond motifs is 2. The third-order valence-corrected chi connectivity index (χ3v) is 4.71. The summed E-state index contributed by atoms with van der Waals surface area (Å²) in [7, 11) is 0. The van der Waals surface area contributed by atoms with Crippen molar-refractivity contribution in [3.63, 3.8) is 0 Å². The Balaban J connectivity index is 1.66. The number of aromatic nitrogens is 5. The molecule has 1 amide bonds. The van der Waals surface area contributed by atoms with Gasteiger partial charge in [0.05, 0.1) is 22.9 Å². The van der Waals surface area contributed by atoms with Gasteiger partial charge >= 0.3 is 0 Å². The zero-order valence-corrected chi connectivity index (χ0v) is 16.3. The summed E-state index contributed by atoms with van der Waals surface area (Å²) >= 11 is 3.36. The lowest BCUT2D eigenvalue weighted by molar-refractivity contribution is -0.117. The molecule has 1 atom stereocenters. The minimum absolute atomic E-state index is 0.287. The number of carbonyl (C=O) groups is 1. The summed E-state index contributed by atoms with van der Waals surface area (Å²) in [4.78, 5) is 25.2. The van der Waals surface area contributed by atoms with Crippen LogP contribution in [0.3, 0.4) is 0 Å². The van der Waals surface area contributed by atoms with Gasteiger partial charge in [-0.2, -0.15) is 5.10 Å². The van der Waals surface area contributed by atoms with Gasteiger partial charge in [-0.05, 0) is 37.3 Å². The monoisotopic (exact) mass is 442 g/mol. The molecule has 0 saturated carbocycles. The Kier molecular flexibility index (Phi) is 4.65. The molecule has 3 aromatic heterocycles. The number of pyridine rings is 1. The largest absolute Gasteiger partial charge is 0.387 e. The highest BCUT2D eigenvalue weighted by atomic mass is 79.9. The number of nitrogens with zero attached hydrogens (tertiary/aromatic N) is 5. The lowest BCUT2D eigenvalue weighted by Gasteiger charge is -2.13. The van der Waals surface area contributed by atoms with Crippen LogP contribution in [0, 0.1) is 0 Å². The number of hydrogen-bond donors (Lipinski definition) is 2. The maximum Gasteiger partial charge on any atom is 0.275 e. The fourth-order valence-electron chi connectivity index (χ4n) is 2.94. The van der Waals surface area contributed by atoms with Gasteiger partial charge in [-0.25, -0.2) is 4.68 Å². The molecule has 28 heavy (non-hydrogen) atoms. The van der Waals surface area contributed by atoms with Crippen molar-refractivity contribution in [1.82, 2.24) is 24.4 Å². The van der Waals surface area contributed by atoms with Crippen molar-refractivity contribution in [2.24, 2.45) is 0 Å². The zero-order chi connectivity index (χ0) is 19.8. The average Bonchev–Trinajstić information content (AvgIpc) is 3.11. The van der Waals surface area contributed by atoms with Crippen LogP contribution in [-0.4, -0.2) is 35.4 Å². The van der Waals surface area contributed by atoms with E-state index in [9.17, 15) is 14.7 Å². The second kappa shape index (κ2) is 7.13. The molecule has 4 aromatic rings. The van der Waals surface area contributed by atoms with Gasteiger partial charge in [0.15, 0.2) is 5.65 Å². The van der Waals surface area contributed by atoms with Crippen LogP contribution in [0.15, 0.2) is 52.1 Å². The standard InChI is InChI=1S/C18H15BrN6O3/c1-10(26)17-14-6-11(19)2-4-13(14)18(28)25(23-17)8-16(27)21-12-3-5-15-22-20-9-24(15)7-12/h2-7,9-10,26H,8H2,1H3,(H,21,27). The summed E-state index contributed by atoms with van der Waals surface area (Å²) in [5.41, 5.74) is 1.11. The Morgan fingerprint density at radius 1 is 1.29 bits per heavy atom. The lowest BCUT2D eigenvalue weighted by Crippen LogP contribution is -2.31. The molecule has 1 aromatic carbocycles. The van der Waals surface area contributed by atoms with Gasteiger partial charge in [-0.3, -0.25) is 14.0 Å². The minimum atomic E-state index is -0.900. The third-order valence-electron chi connectivity index (χ3n) is 4.21. The molecule has 2 N–H and O–H groups in total. The van der Waals surface area contributed by atoms with Crippen molar-refractivity contribution < 1.29 is 9.90 Å². The highest BCUT2D eigenvalue weighted by molar-refractivity contribution is 9.10. The van der Waals surface area contributed by atoms with E-state index in [1.54, 1.807) is 47.9 Å². The molecule has 9 nitrogen and oxygen atoms in total. The van der Waals surface area contributed by atoms with E-state index >= 15 is 0 Å². The SMILES string of the molecule is CC(O)c1nn(CC(=O)Nc2ccc3nncn3c2)c(=O)c2ccc(Br)cc12. The first-order valence-electron chi connectivity index (χ1n) is 8.40. The molecule has 0 aliphatic rings. The number of hydrogen-bond acceptors (Lipinski definition) is 6. The van der Waals surface area contributed by atoms with Crippen LogP contribution in [-0.2, 0) is 11.3 Å². The molecule has 0 aliphatic carbocycles. The smallest absolute Gasteiger partial charge is 0.275 e. The van der Waals surface area contributed by atoms with E-state index in [2.05, 4.69) is 36.5 Å². The maximum atomic E-state index is 12.7. The minimum Gasteiger partial charge on any atom is -0.387 e. The highest BCUT2D eigenvalue weighted by Gasteiger charge is 2.16. The Morgan fingerprint density at radius 3 is 2.89 bits per heavy atom. The average molecular weight is 443 g/mol. The predicted octanol–water partition coefficient (Wildman–Crippen LogP) is 1.89. The summed E-state index contributed by atoms with van der Waals surface area (Å²) in [6.45, 7) is 1.27. The summed E-state index contributed by atoms with van der Waals surface area (Å²) in [5.74, 6) is -0.421. The van der Waals surface area contributed by atoms with E-state index in [1.165, 1.54) is 6.33 Å². The van der Waals surface area contributed by atoms with Gasteiger partial charge in [0.1, 0.15) is 12.9 Å². The first-order chi connectivity index (χ1) is 13.4. The van der Waals surface area contributed by atoms with E-state index < -0.39 is 17.6 Å². The van der Waals surface area contributed by atoms with Crippen molar-refractivity contribution in [2.45, 2.75) is 19.6 Å². The van der Waals surface area contributed by atoms with Gasteiger partial charge in [-0.1, -0.05) is 15.9 Å². The Morgan fingerprint density at radius 2 is 2.11 bits per heavy atom. The number of rotatable bonds is 4. The summed E-state index contributed by atoms with van der Waals surface area (Å²) in [6.07, 6.45) is 2.29. The second-order valence-corrected chi connectivity index (χ2v) is 7.19.